The second kappa shape index (κ2) is 37.4. The molecule has 2 saturated heterocycles. The SMILES string of the molecule is C=C(C)C(=O)Cl.C=C(C)C(=O)NCCOCCOCCOCCOCCn1cc(CN2CCS(=O)(=O)CC2)nn1.NCCOCCOCCOCCOCCn1cc(CN2CCS(=O)(=O)CC2)nn1. The van der Waals surface area contributed by atoms with Crippen molar-refractivity contribution in [1.29, 1.82) is 0 Å². The molecule has 396 valence electrons. The van der Waals surface area contributed by atoms with E-state index in [-0.39, 0.29) is 28.9 Å². The molecular formula is C42H75ClN10O14S2. The molecule has 0 spiro atoms. The van der Waals surface area contributed by atoms with Gasteiger partial charge in [-0.25, -0.2) is 26.2 Å². The van der Waals surface area contributed by atoms with Crippen molar-refractivity contribution >= 4 is 42.4 Å². The molecule has 0 unspecified atom stereocenters. The van der Waals surface area contributed by atoms with Crippen LogP contribution in [-0.2, 0) is 93.3 Å². The Morgan fingerprint density at radius 1 is 0.580 bits per heavy atom. The van der Waals surface area contributed by atoms with Gasteiger partial charge < -0.3 is 48.9 Å². The summed E-state index contributed by atoms with van der Waals surface area (Å²) in [6.45, 7) is 23.5. The summed E-state index contributed by atoms with van der Waals surface area (Å²) in [7, 11) is -5.73. The summed E-state index contributed by atoms with van der Waals surface area (Å²) < 4.78 is 92.6. The molecule has 0 atom stereocenters. The third kappa shape index (κ3) is 33.0. The number of nitrogens with two attached hydrogens (primary N) is 1. The fourth-order valence-corrected chi connectivity index (χ4v) is 8.18. The maximum atomic E-state index is 11.5. The lowest BCUT2D eigenvalue weighted by atomic mass is 10.3. The number of ether oxygens (including phenoxy) is 8. The highest BCUT2D eigenvalue weighted by molar-refractivity contribution is 7.91. The third-order valence-corrected chi connectivity index (χ3v) is 13.0. The number of sulfone groups is 2. The number of carbonyl (C=O) groups excluding carboxylic acids is 2. The number of hydrogen-bond acceptors (Lipinski definition) is 21. The number of amides is 1. The summed E-state index contributed by atoms with van der Waals surface area (Å²) in [6.07, 6.45) is 3.74. The minimum absolute atomic E-state index is 0.167. The van der Waals surface area contributed by atoms with E-state index >= 15 is 0 Å². The van der Waals surface area contributed by atoms with E-state index in [1.165, 1.54) is 0 Å². The quantitative estimate of drug-likeness (QED) is 0.0482. The van der Waals surface area contributed by atoms with Gasteiger partial charge in [0.15, 0.2) is 19.7 Å². The Hall–Kier alpha value is -3.35. The normalized spacial score (nSPS) is 15.7. The summed E-state index contributed by atoms with van der Waals surface area (Å²) in [4.78, 5) is 25.2. The number of halogens is 1. The van der Waals surface area contributed by atoms with E-state index in [9.17, 15) is 26.4 Å². The Balaban J connectivity index is 0.000000427. The van der Waals surface area contributed by atoms with Gasteiger partial charge in [0.2, 0.25) is 11.1 Å². The molecule has 3 N–H and O–H groups in total. The Morgan fingerprint density at radius 2 is 0.899 bits per heavy atom. The van der Waals surface area contributed by atoms with Crippen molar-refractivity contribution in [2.75, 3.05) is 168 Å². The maximum Gasteiger partial charge on any atom is 0.247 e. The second-order valence-electron chi connectivity index (χ2n) is 15.6. The van der Waals surface area contributed by atoms with Crippen molar-refractivity contribution in [3.05, 3.63) is 48.1 Å². The first kappa shape index (κ1) is 61.8. The average Bonchev–Trinajstić information content (AvgIpc) is 3.97. The van der Waals surface area contributed by atoms with E-state index < -0.39 is 24.9 Å². The zero-order chi connectivity index (χ0) is 50.6. The third-order valence-electron chi connectivity index (χ3n) is 9.50. The Labute approximate surface area is 412 Å². The summed E-state index contributed by atoms with van der Waals surface area (Å²) in [5.41, 5.74) is 7.83. The summed E-state index contributed by atoms with van der Waals surface area (Å²) in [5.74, 6) is 0.671. The van der Waals surface area contributed by atoms with Gasteiger partial charge in [-0.1, -0.05) is 23.6 Å². The van der Waals surface area contributed by atoms with Gasteiger partial charge in [-0.05, 0) is 25.4 Å². The molecule has 2 fully saturated rings. The summed E-state index contributed by atoms with van der Waals surface area (Å²) in [6, 6.07) is 0. The van der Waals surface area contributed by atoms with Gasteiger partial charge >= 0.3 is 0 Å². The fraction of sp³-hybridized carbons (Fsp3) is 0.762. The lowest BCUT2D eigenvalue weighted by molar-refractivity contribution is -0.117. The molecule has 27 heteroatoms. The van der Waals surface area contributed by atoms with Crippen molar-refractivity contribution in [3.8, 4) is 0 Å². The monoisotopic (exact) mass is 1040 g/mol. The average molecular weight is 1040 g/mol. The molecule has 0 radical (unpaired) electrons. The molecule has 0 bridgehead atoms. The number of carbonyl (C=O) groups is 2. The molecule has 2 aromatic heterocycles. The highest BCUT2D eigenvalue weighted by Gasteiger charge is 2.23. The molecule has 69 heavy (non-hydrogen) atoms. The van der Waals surface area contributed by atoms with Crippen LogP contribution < -0.4 is 11.1 Å². The minimum atomic E-state index is -2.87. The minimum Gasteiger partial charge on any atom is -0.378 e. The van der Waals surface area contributed by atoms with Crippen LogP contribution in [0.5, 0.6) is 0 Å². The molecule has 1 amide bonds. The smallest absolute Gasteiger partial charge is 0.247 e. The van der Waals surface area contributed by atoms with Gasteiger partial charge in [0.25, 0.3) is 0 Å². The van der Waals surface area contributed by atoms with Crippen molar-refractivity contribution in [3.63, 3.8) is 0 Å². The molecule has 2 aliphatic rings. The number of allylic oxidation sites excluding steroid dienone is 1. The van der Waals surface area contributed by atoms with Crippen LogP contribution >= 0.6 is 11.6 Å². The Bertz CT molecular complexity index is 1920. The highest BCUT2D eigenvalue weighted by atomic mass is 35.5. The molecule has 0 aliphatic carbocycles. The summed E-state index contributed by atoms with van der Waals surface area (Å²) in [5, 5.41) is 18.7. The van der Waals surface area contributed by atoms with Crippen LogP contribution in [0.3, 0.4) is 0 Å². The first-order valence-electron chi connectivity index (χ1n) is 22.8. The number of rotatable bonds is 35. The predicted molar refractivity (Wildman–Crippen MR) is 257 cm³/mol. The maximum absolute atomic E-state index is 11.5. The number of nitrogens with one attached hydrogen (secondary N) is 1. The van der Waals surface area contributed by atoms with Crippen molar-refractivity contribution in [2.24, 2.45) is 5.73 Å². The lowest BCUT2D eigenvalue weighted by Gasteiger charge is -2.25. The zero-order valence-electron chi connectivity index (χ0n) is 40.3. The molecule has 2 aromatic rings. The molecular weight excluding hydrogens is 968 g/mol. The van der Waals surface area contributed by atoms with Gasteiger partial charge in [0.1, 0.15) is 0 Å². The fourth-order valence-electron chi connectivity index (χ4n) is 5.63. The van der Waals surface area contributed by atoms with Gasteiger partial charge in [-0.2, -0.15) is 0 Å². The number of nitrogens with zero attached hydrogens (tertiary/aromatic N) is 8. The van der Waals surface area contributed by atoms with Crippen molar-refractivity contribution in [1.82, 2.24) is 45.1 Å². The van der Waals surface area contributed by atoms with Crippen LogP contribution in [0, 0.1) is 0 Å². The Kier molecular flexibility index (Phi) is 33.5. The van der Waals surface area contributed by atoms with E-state index in [0.29, 0.717) is 182 Å². The molecule has 0 aromatic carbocycles. The van der Waals surface area contributed by atoms with Crippen LogP contribution in [0.25, 0.3) is 0 Å². The molecule has 4 heterocycles. The summed E-state index contributed by atoms with van der Waals surface area (Å²) >= 11 is 4.87. The van der Waals surface area contributed by atoms with Gasteiger partial charge in [-0.3, -0.25) is 19.4 Å². The molecule has 4 rings (SSSR count). The Morgan fingerprint density at radius 3 is 1.22 bits per heavy atom. The van der Waals surface area contributed by atoms with Crippen molar-refractivity contribution < 1.29 is 64.3 Å². The van der Waals surface area contributed by atoms with Gasteiger partial charge in [-0.15, -0.1) is 10.2 Å². The standard InChI is InChI=1S/C21H37N5O7S.C17H33N5O6S.C4H5ClO/c1-19(2)21(27)22-3-7-30-9-11-32-13-14-33-12-10-31-8-4-26-18-20(23-24-26)17-25-5-15-34(28,29)16-6-25;18-1-5-25-7-9-27-11-12-28-10-8-26-6-2-22-16-17(19-20-22)15-21-3-13-29(23,24)14-4-21;1-3(2)4(5)6/h18H,1,3-17H2,2H3,(H,22,27);16H,1-15,18H2;1H2,2H3. The van der Waals surface area contributed by atoms with Crippen LogP contribution in [0.2, 0.25) is 0 Å². The van der Waals surface area contributed by atoms with Crippen LogP contribution in [0.15, 0.2) is 36.7 Å². The number of aromatic nitrogens is 6. The second-order valence-corrected chi connectivity index (χ2v) is 20.5. The zero-order valence-corrected chi connectivity index (χ0v) is 42.7. The molecule has 0 saturated carbocycles. The first-order valence-corrected chi connectivity index (χ1v) is 26.9. The molecule has 2 aliphatic heterocycles. The van der Waals surface area contributed by atoms with Crippen LogP contribution in [-0.4, -0.2) is 236 Å². The predicted octanol–water partition coefficient (Wildman–Crippen LogP) is -0.871. The van der Waals surface area contributed by atoms with Crippen LogP contribution in [0.4, 0.5) is 0 Å². The lowest BCUT2D eigenvalue weighted by Crippen LogP contribution is -2.39. The van der Waals surface area contributed by atoms with E-state index in [4.69, 9.17) is 55.2 Å². The largest absolute Gasteiger partial charge is 0.378 e. The molecule has 24 nitrogen and oxygen atoms in total. The highest BCUT2D eigenvalue weighted by Crippen LogP contribution is 2.09. The van der Waals surface area contributed by atoms with E-state index in [1.807, 2.05) is 12.4 Å². The van der Waals surface area contributed by atoms with E-state index in [1.54, 1.807) is 23.2 Å². The topological polar surface area (TPSA) is 282 Å². The van der Waals surface area contributed by atoms with Crippen LogP contribution in [0.1, 0.15) is 25.2 Å². The van der Waals surface area contributed by atoms with E-state index in [2.05, 4.69) is 48.9 Å². The van der Waals surface area contributed by atoms with Gasteiger partial charge in [0, 0.05) is 75.9 Å². The van der Waals surface area contributed by atoms with Gasteiger partial charge in [0.05, 0.1) is 153 Å². The van der Waals surface area contributed by atoms with E-state index in [0.717, 1.165) is 11.4 Å². The number of hydrogen-bond donors (Lipinski definition) is 2. The first-order chi connectivity index (χ1) is 33.1. The van der Waals surface area contributed by atoms with Crippen molar-refractivity contribution in [2.45, 2.75) is 40.0 Å².